The standard InChI is InChI=1S/C27H34N2O3/c1-3-31-27(30)21-12-14-29(15-13-21)18-20-6-10-24-22(16-20)7-11-26(25(24)17-28)32-23-8-4-19(2)5-9-23/h6-7,10-11,16,19,21,23H,3-5,8-9,12-15,18H2,1-2H3. The van der Waals surface area contributed by atoms with E-state index < -0.39 is 0 Å². The number of hydrogen-bond donors (Lipinski definition) is 0. The highest BCUT2D eigenvalue weighted by Gasteiger charge is 2.26. The minimum Gasteiger partial charge on any atom is -0.489 e. The van der Waals surface area contributed by atoms with Gasteiger partial charge in [0.25, 0.3) is 0 Å². The monoisotopic (exact) mass is 434 g/mol. The minimum absolute atomic E-state index is 0.0341. The number of fused-ring (bicyclic) bond motifs is 1. The molecule has 0 radical (unpaired) electrons. The van der Waals surface area contributed by atoms with Gasteiger partial charge in [0.15, 0.2) is 0 Å². The Bertz CT molecular complexity index is 980. The number of carbonyl (C=O) groups is 1. The van der Waals surface area contributed by atoms with Crippen LogP contribution >= 0.6 is 0 Å². The van der Waals surface area contributed by atoms with Crippen LogP contribution in [-0.2, 0) is 16.1 Å². The van der Waals surface area contributed by atoms with E-state index in [1.165, 1.54) is 18.4 Å². The maximum absolute atomic E-state index is 12.0. The van der Waals surface area contributed by atoms with E-state index in [9.17, 15) is 10.1 Å². The Morgan fingerprint density at radius 2 is 1.84 bits per heavy atom. The average molecular weight is 435 g/mol. The van der Waals surface area contributed by atoms with Crippen LogP contribution in [0, 0.1) is 23.2 Å². The van der Waals surface area contributed by atoms with E-state index in [-0.39, 0.29) is 18.0 Å². The number of ether oxygens (including phenoxy) is 2. The minimum atomic E-state index is -0.0531. The zero-order valence-electron chi connectivity index (χ0n) is 19.3. The van der Waals surface area contributed by atoms with Crippen LogP contribution in [0.1, 0.15) is 63.5 Å². The van der Waals surface area contributed by atoms with Crippen LogP contribution in [0.5, 0.6) is 5.75 Å². The summed E-state index contributed by atoms with van der Waals surface area (Å²) < 4.78 is 11.4. The van der Waals surface area contributed by atoms with Gasteiger partial charge in [0.1, 0.15) is 17.4 Å². The van der Waals surface area contributed by atoms with Crippen LogP contribution in [-0.4, -0.2) is 36.7 Å². The lowest BCUT2D eigenvalue weighted by atomic mass is 9.89. The van der Waals surface area contributed by atoms with Crippen LogP contribution in [0.2, 0.25) is 0 Å². The summed E-state index contributed by atoms with van der Waals surface area (Å²) in [6.45, 7) is 7.26. The maximum Gasteiger partial charge on any atom is 0.309 e. The molecule has 1 aliphatic heterocycles. The van der Waals surface area contributed by atoms with Gasteiger partial charge in [-0.05, 0) is 87.5 Å². The molecule has 1 saturated carbocycles. The van der Waals surface area contributed by atoms with Crippen molar-refractivity contribution >= 4 is 16.7 Å². The summed E-state index contributed by atoms with van der Waals surface area (Å²) in [5.74, 6) is 1.47. The van der Waals surface area contributed by atoms with Gasteiger partial charge in [-0.1, -0.05) is 25.1 Å². The summed E-state index contributed by atoms with van der Waals surface area (Å²) in [6, 6.07) is 12.8. The molecule has 170 valence electrons. The number of rotatable bonds is 6. The van der Waals surface area contributed by atoms with E-state index in [4.69, 9.17) is 9.47 Å². The summed E-state index contributed by atoms with van der Waals surface area (Å²) in [6.07, 6.45) is 6.44. The second kappa shape index (κ2) is 10.4. The molecule has 2 aromatic carbocycles. The fourth-order valence-electron chi connectivity index (χ4n) is 5.04. The number of benzene rings is 2. The van der Waals surface area contributed by atoms with Gasteiger partial charge in [-0.3, -0.25) is 9.69 Å². The Kier molecular flexibility index (Phi) is 7.32. The van der Waals surface area contributed by atoms with E-state index in [0.717, 1.165) is 62.0 Å². The molecule has 0 aromatic heterocycles. The molecule has 0 N–H and O–H groups in total. The molecule has 0 atom stereocenters. The van der Waals surface area contributed by atoms with Crippen molar-refractivity contribution in [2.24, 2.45) is 11.8 Å². The lowest BCUT2D eigenvalue weighted by Crippen LogP contribution is -2.36. The normalized spacial score (nSPS) is 22.4. The van der Waals surface area contributed by atoms with Gasteiger partial charge in [-0.2, -0.15) is 5.26 Å². The largest absolute Gasteiger partial charge is 0.489 e. The molecule has 0 unspecified atom stereocenters. The number of carbonyl (C=O) groups excluding carboxylic acids is 1. The van der Waals surface area contributed by atoms with Gasteiger partial charge >= 0.3 is 5.97 Å². The topological polar surface area (TPSA) is 62.6 Å². The van der Waals surface area contributed by atoms with Crippen molar-refractivity contribution in [1.29, 1.82) is 5.26 Å². The van der Waals surface area contributed by atoms with E-state index in [1.807, 2.05) is 13.0 Å². The third-order valence-corrected chi connectivity index (χ3v) is 7.03. The molecule has 2 aromatic rings. The van der Waals surface area contributed by atoms with Crippen molar-refractivity contribution in [3.05, 3.63) is 41.5 Å². The Morgan fingerprint density at radius 1 is 1.09 bits per heavy atom. The second-order valence-electron chi connectivity index (χ2n) is 9.41. The van der Waals surface area contributed by atoms with Gasteiger partial charge in [0.05, 0.1) is 18.6 Å². The highest BCUT2D eigenvalue weighted by Crippen LogP contribution is 2.33. The summed E-state index contributed by atoms with van der Waals surface area (Å²) in [7, 11) is 0. The fourth-order valence-corrected chi connectivity index (χ4v) is 5.04. The third-order valence-electron chi connectivity index (χ3n) is 7.03. The zero-order chi connectivity index (χ0) is 22.5. The van der Waals surface area contributed by atoms with Crippen LogP contribution in [0.25, 0.3) is 10.8 Å². The first kappa shape index (κ1) is 22.6. The van der Waals surface area contributed by atoms with Crippen LogP contribution in [0.15, 0.2) is 30.3 Å². The van der Waals surface area contributed by atoms with E-state index in [1.54, 1.807) is 0 Å². The molecule has 5 nitrogen and oxygen atoms in total. The molecular formula is C27H34N2O3. The predicted molar refractivity (Wildman–Crippen MR) is 125 cm³/mol. The molecular weight excluding hydrogens is 400 g/mol. The SMILES string of the molecule is CCOC(=O)C1CCN(Cc2ccc3c(C#N)c(OC4CCC(C)CC4)ccc3c2)CC1. The zero-order valence-corrected chi connectivity index (χ0v) is 19.3. The first-order chi connectivity index (χ1) is 15.6. The van der Waals surface area contributed by atoms with Gasteiger partial charge in [0, 0.05) is 11.9 Å². The van der Waals surface area contributed by atoms with Crippen molar-refractivity contribution in [3.8, 4) is 11.8 Å². The number of piperidine rings is 1. The first-order valence-electron chi connectivity index (χ1n) is 12.1. The van der Waals surface area contributed by atoms with Gasteiger partial charge in [-0.25, -0.2) is 0 Å². The first-order valence-corrected chi connectivity index (χ1v) is 12.1. The Balaban J connectivity index is 1.42. The Morgan fingerprint density at radius 3 is 2.53 bits per heavy atom. The summed E-state index contributed by atoms with van der Waals surface area (Å²) >= 11 is 0. The van der Waals surface area contributed by atoms with Crippen LogP contribution in [0.4, 0.5) is 0 Å². The van der Waals surface area contributed by atoms with Gasteiger partial charge in [0.2, 0.25) is 0 Å². The maximum atomic E-state index is 12.0. The van der Waals surface area contributed by atoms with Gasteiger partial charge in [-0.15, -0.1) is 0 Å². The lowest BCUT2D eigenvalue weighted by Gasteiger charge is -2.30. The number of nitrogens with zero attached hydrogens (tertiary/aromatic N) is 2. The summed E-state index contributed by atoms with van der Waals surface area (Å²) in [4.78, 5) is 14.4. The number of hydrogen-bond acceptors (Lipinski definition) is 5. The number of likely N-dealkylation sites (tertiary alicyclic amines) is 1. The van der Waals surface area contributed by atoms with Crippen molar-refractivity contribution < 1.29 is 14.3 Å². The van der Waals surface area contributed by atoms with Crippen molar-refractivity contribution in [3.63, 3.8) is 0 Å². The summed E-state index contributed by atoms with van der Waals surface area (Å²) in [5, 5.41) is 11.9. The molecule has 0 bridgehead atoms. The van der Waals surface area contributed by atoms with Crippen molar-refractivity contribution in [2.75, 3.05) is 19.7 Å². The van der Waals surface area contributed by atoms with E-state index in [2.05, 4.69) is 42.2 Å². The molecule has 5 heteroatoms. The number of nitriles is 1. The quantitative estimate of drug-likeness (QED) is 0.566. The summed E-state index contributed by atoms with van der Waals surface area (Å²) in [5.41, 5.74) is 1.87. The highest BCUT2D eigenvalue weighted by molar-refractivity contribution is 5.90. The predicted octanol–water partition coefficient (Wildman–Crippen LogP) is 5.44. The third kappa shape index (κ3) is 5.24. The molecule has 1 heterocycles. The van der Waals surface area contributed by atoms with Crippen LogP contribution < -0.4 is 4.74 Å². The molecule has 2 fully saturated rings. The number of esters is 1. The Hall–Kier alpha value is -2.58. The van der Waals surface area contributed by atoms with Crippen LogP contribution in [0.3, 0.4) is 0 Å². The van der Waals surface area contributed by atoms with Gasteiger partial charge < -0.3 is 9.47 Å². The molecule has 2 aliphatic rings. The average Bonchev–Trinajstić information content (AvgIpc) is 2.81. The second-order valence-corrected chi connectivity index (χ2v) is 9.41. The molecule has 0 amide bonds. The smallest absolute Gasteiger partial charge is 0.309 e. The van der Waals surface area contributed by atoms with Crippen molar-refractivity contribution in [2.45, 2.75) is 65.0 Å². The van der Waals surface area contributed by atoms with E-state index in [0.29, 0.717) is 17.9 Å². The molecule has 1 aliphatic carbocycles. The molecule has 32 heavy (non-hydrogen) atoms. The molecule has 1 saturated heterocycles. The highest BCUT2D eigenvalue weighted by atomic mass is 16.5. The van der Waals surface area contributed by atoms with Crippen molar-refractivity contribution in [1.82, 2.24) is 4.90 Å². The lowest BCUT2D eigenvalue weighted by molar-refractivity contribution is -0.149. The van der Waals surface area contributed by atoms with E-state index >= 15 is 0 Å². The fraction of sp³-hybridized carbons (Fsp3) is 0.556. The molecule has 0 spiro atoms. The Labute approximate surface area is 191 Å². The molecule has 4 rings (SSSR count).